The van der Waals surface area contributed by atoms with E-state index < -0.39 is 24.0 Å². The Balaban J connectivity index is 1.94. The van der Waals surface area contributed by atoms with Gasteiger partial charge in [0, 0.05) is 6.04 Å². The molecule has 1 unspecified atom stereocenters. The fourth-order valence-corrected chi connectivity index (χ4v) is 3.05. The SMILES string of the molecule is COC(=O)C1CN(c2cc(F)c3c(c2)CC(=O)N3C(C)C)C(=O)O1. The van der Waals surface area contributed by atoms with Crippen LogP contribution in [-0.4, -0.2) is 43.8 Å². The number of amides is 2. The van der Waals surface area contributed by atoms with Crippen molar-refractivity contribution in [1.82, 2.24) is 0 Å². The summed E-state index contributed by atoms with van der Waals surface area (Å²) >= 11 is 0. The third-order valence-corrected chi connectivity index (χ3v) is 4.08. The second-order valence-corrected chi connectivity index (χ2v) is 5.98. The highest BCUT2D eigenvalue weighted by molar-refractivity contribution is 6.03. The molecule has 2 amide bonds. The number of anilines is 2. The molecule has 8 heteroatoms. The van der Waals surface area contributed by atoms with Crippen molar-refractivity contribution in [2.45, 2.75) is 32.4 Å². The Kier molecular flexibility index (Phi) is 3.90. The van der Waals surface area contributed by atoms with Crippen LogP contribution in [0.5, 0.6) is 0 Å². The van der Waals surface area contributed by atoms with E-state index in [-0.39, 0.29) is 36.3 Å². The van der Waals surface area contributed by atoms with E-state index in [0.717, 1.165) is 4.90 Å². The molecule has 3 rings (SSSR count). The summed E-state index contributed by atoms with van der Waals surface area (Å²) in [5, 5.41) is 0. The molecule has 2 aliphatic heterocycles. The smallest absolute Gasteiger partial charge is 0.415 e. The molecular formula is C16H17FN2O5. The highest BCUT2D eigenvalue weighted by Gasteiger charge is 2.39. The van der Waals surface area contributed by atoms with Gasteiger partial charge >= 0.3 is 12.1 Å². The number of carbonyl (C=O) groups excluding carboxylic acids is 3. The predicted octanol–water partition coefficient (Wildman–Crippen LogP) is 1.62. The molecule has 1 fully saturated rings. The van der Waals surface area contributed by atoms with Crippen molar-refractivity contribution in [3.63, 3.8) is 0 Å². The van der Waals surface area contributed by atoms with Crippen molar-refractivity contribution < 1.29 is 28.2 Å². The zero-order valence-electron chi connectivity index (χ0n) is 13.5. The summed E-state index contributed by atoms with van der Waals surface area (Å²) in [6, 6.07) is 2.59. The van der Waals surface area contributed by atoms with Gasteiger partial charge in [0.25, 0.3) is 0 Å². The molecule has 128 valence electrons. The number of hydrogen-bond donors (Lipinski definition) is 0. The van der Waals surface area contributed by atoms with Gasteiger partial charge in [-0.1, -0.05) is 0 Å². The molecule has 1 aromatic carbocycles. The number of halogens is 1. The van der Waals surface area contributed by atoms with Gasteiger partial charge in [0.15, 0.2) is 0 Å². The lowest BCUT2D eigenvalue weighted by Crippen LogP contribution is -2.34. The molecule has 0 aliphatic carbocycles. The average Bonchev–Trinajstić information content (AvgIpc) is 3.06. The van der Waals surface area contributed by atoms with Gasteiger partial charge in [-0.05, 0) is 31.5 Å². The molecule has 0 radical (unpaired) electrons. The fraction of sp³-hybridized carbons (Fsp3) is 0.438. The zero-order chi connectivity index (χ0) is 17.6. The van der Waals surface area contributed by atoms with E-state index in [2.05, 4.69) is 4.74 Å². The quantitative estimate of drug-likeness (QED) is 0.784. The first-order valence-corrected chi connectivity index (χ1v) is 7.54. The Morgan fingerprint density at radius 3 is 2.71 bits per heavy atom. The third kappa shape index (κ3) is 2.47. The van der Waals surface area contributed by atoms with Crippen LogP contribution in [0, 0.1) is 5.82 Å². The van der Waals surface area contributed by atoms with Crippen LogP contribution in [0.4, 0.5) is 20.6 Å². The summed E-state index contributed by atoms with van der Waals surface area (Å²) < 4.78 is 24.1. The Labute approximate surface area is 137 Å². The largest absolute Gasteiger partial charge is 0.466 e. The topological polar surface area (TPSA) is 76.2 Å². The van der Waals surface area contributed by atoms with Gasteiger partial charge in [0.1, 0.15) is 5.82 Å². The van der Waals surface area contributed by atoms with E-state index in [1.165, 1.54) is 18.1 Å². The second-order valence-electron chi connectivity index (χ2n) is 5.98. The van der Waals surface area contributed by atoms with Crippen LogP contribution in [0.3, 0.4) is 0 Å². The first-order chi connectivity index (χ1) is 11.3. The van der Waals surface area contributed by atoms with Gasteiger partial charge in [-0.15, -0.1) is 0 Å². The summed E-state index contributed by atoms with van der Waals surface area (Å²) in [7, 11) is 1.19. The molecule has 1 atom stereocenters. The lowest BCUT2D eigenvalue weighted by Gasteiger charge is -2.23. The minimum Gasteiger partial charge on any atom is -0.466 e. The van der Waals surface area contributed by atoms with Crippen LogP contribution < -0.4 is 9.80 Å². The van der Waals surface area contributed by atoms with Crippen LogP contribution in [0.15, 0.2) is 12.1 Å². The summed E-state index contributed by atoms with van der Waals surface area (Å²) in [4.78, 5) is 38.1. The molecular weight excluding hydrogens is 319 g/mol. The van der Waals surface area contributed by atoms with Crippen molar-refractivity contribution in [3.8, 4) is 0 Å². The number of nitrogens with zero attached hydrogens (tertiary/aromatic N) is 2. The number of esters is 1. The lowest BCUT2D eigenvalue weighted by molar-refractivity contribution is -0.148. The van der Waals surface area contributed by atoms with Crippen LogP contribution in [0.2, 0.25) is 0 Å². The van der Waals surface area contributed by atoms with Gasteiger partial charge in [-0.3, -0.25) is 9.69 Å². The van der Waals surface area contributed by atoms with Gasteiger partial charge in [0.2, 0.25) is 12.0 Å². The highest BCUT2D eigenvalue weighted by atomic mass is 19.1. The number of methoxy groups -OCH3 is 1. The van der Waals surface area contributed by atoms with E-state index >= 15 is 0 Å². The average molecular weight is 336 g/mol. The molecule has 0 spiro atoms. The van der Waals surface area contributed by atoms with E-state index in [1.54, 1.807) is 19.9 Å². The standard InChI is InChI=1S/C16H17FN2O5/c1-8(2)19-13(20)5-9-4-10(6-11(17)14(9)19)18-7-12(15(21)23-3)24-16(18)22/h4,6,8,12H,5,7H2,1-3H3. The lowest BCUT2D eigenvalue weighted by atomic mass is 10.1. The maximum atomic E-state index is 14.6. The summed E-state index contributed by atoms with van der Waals surface area (Å²) in [5.74, 6) is -1.45. The van der Waals surface area contributed by atoms with Crippen molar-refractivity contribution >= 4 is 29.3 Å². The minimum atomic E-state index is -1.05. The number of benzene rings is 1. The van der Waals surface area contributed by atoms with Crippen LogP contribution in [0.1, 0.15) is 19.4 Å². The summed E-state index contributed by atoms with van der Waals surface area (Å²) in [6.45, 7) is 3.55. The summed E-state index contributed by atoms with van der Waals surface area (Å²) in [6.07, 6.45) is -1.73. The maximum absolute atomic E-state index is 14.6. The van der Waals surface area contributed by atoms with E-state index in [0.29, 0.717) is 5.56 Å². The van der Waals surface area contributed by atoms with Crippen molar-refractivity contribution in [2.75, 3.05) is 23.5 Å². The fourth-order valence-electron chi connectivity index (χ4n) is 3.05. The number of cyclic esters (lactones) is 1. The van der Waals surface area contributed by atoms with Crippen LogP contribution >= 0.6 is 0 Å². The number of hydrogen-bond acceptors (Lipinski definition) is 5. The third-order valence-electron chi connectivity index (χ3n) is 4.08. The normalized spacial score (nSPS) is 19.8. The Hall–Kier alpha value is -2.64. The molecule has 24 heavy (non-hydrogen) atoms. The molecule has 0 bridgehead atoms. The van der Waals surface area contributed by atoms with Crippen molar-refractivity contribution in [1.29, 1.82) is 0 Å². The molecule has 7 nitrogen and oxygen atoms in total. The highest BCUT2D eigenvalue weighted by Crippen LogP contribution is 2.37. The van der Waals surface area contributed by atoms with Gasteiger partial charge in [0.05, 0.1) is 31.5 Å². The number of rotatable bonds is 3. The number of ether oxygens (including phenoxy) is 2. The number of carbonyl (C=O) groups is 3. The molecule has 2 aliphatic rings. The molecule has 0 N–H and O–H groups in total. The zero-order valence-corrected chi connectivity index (χ0v) is 13.5. The monoisotopic (exact) mass is 336 g/mol. The van der Waals surface area contributed by atoms with Crippen molar-refractivity contribution in [3.05, 3.63) is 23.5 Å². The predicted molar refractivity (Wildman–Crippen MR) is 82.4 cm³/mol. The van der Waals surface area contributed by atoms with Gasteiger partial charge < -0.3 is 14.4 Å². The number of fused-ring (bicyclic) bond motifs is 1. The second kappa shape index (κ2) is 5.77. The van der Waals surface area contributed by atoms with E-state index in [4.69, 9.17) is 4.74 Å². The van der Waals surface area contributed by atoms with E-state index in [9.17, 15) is 18.8 Å². The van der Waals surface area contributed by atoms with Crippen LogP contribution in [0.25, 0.3) is 0 Å². The van der Waals surface area contributed by atoms with Gasteiger partial charge in [-0.2, -0.15) is 0 Å². The van der Waals surface area contributed by atoms with E-state index in [1.807, 2.05) is 0 Å². The Bertz CT molecular complexity index is 733. The molecule has 1 saturated heterocycles. The maximum Gasteiger partial charge on any atom is 0.415 e. The van der Waals surface area contributed by atoms with Gasteiger partial charge in [-0.25, -0.2) is 14.0 Å². The van der Waals surface area contributed by atoms with Crippen molar-refractivity contribution in [2.24, 2.45) is 0 Å². The van der Waals surface area contributed by atoms with Crippen LogP contribution in [-0.2, 0) is 25.5 Å². The summed E-state index contributed by atoms with van der Waals surface area (Å²) in [5.41, 5.74) is 1.01. The Morgan fingerprint density at radius 2 is 2.08 bits per heavy atom. The Morgan fingerprint density at radius 1 is 1.38 bits per heavy atom. The molecule has 2 heterocycles. The first kappa shape index (κ1) is 16.2. The molecule has 0 saturated carbocycles. The molecule has 1 aromatic rings. The minimum absolute atomic E-state index is 0.0639. The molecule has 0 aromatic heterocycles. The first-order valence-electron chi connectivity index (χ1n) is 7.54.